The number of hydrogen-bond donors (Lipinski definition) is 1. The second-order valence-electron chi connectivity index (χ2n) is 3.29. The molecule has 0 fully saturated rings. The number of nitrogens with zero attached hydrogens (tertiary/aromatic N) is 1. The van der Waals surface area contributed by atoms with Crippen molar-refractivity contribution in [3.8, 4) is 6.07 Å². The van der Waals surface area contributed by atoms with Crippen LogP contribution in [0.2, 0.25) is 0 Å². The van der Waals surface area contributed by atoms with E-state index in [1.54, 1.807) is 0 Å². The molecular formula is C11H14N2. The maximum Gasteiger partial charge on any atom is 0.0670 e. The van der Waals surface area contributed by atoms with Crippen LogP contribution in [0.4, 0.5) is 5.69 Å². The van der Waals surface area contributed by atoms with E-state index in [4.69, 9.17) is 5.26 Å². The van der Waals surface area contributed by atoms with Gasteiger partial charge in [0.1, 0.15) is 0 Å². The maximum atomic E-state index is 8.60. The van der Waals surface area contributed by atoms with E-state index < -0.39 is 0 Å². The Balaban J connectivity index is 2.85. The van der Waals surface area contributed by atoms with Crippen LogP contribution >= 0.6 is 0 Å². The molecule has 0 atom stereocenters. The van der Waals surface area contributed by atoms with E-state index in [9.17, 15) is 0 Å². The van der Waals surface area contributed by atoms with Gasteiger partial charge in [0.2, 0.25) is 0 Å². The standard InChI is InChI=1S/C11H14N2/c1-9(2)13-11-6-4-3-5-10(11)7-8-12/h3-6,9,13H,7H2,1-2H3. The zero-order valence-electron chi connectivity index (χ0n) is 8.04. The summed E-state index contributed by atoms with van der Waals surface area (Å²) in [7, 11) is 0. The molecule has 0 heterocycles. The van der Waals surface area contributed by atoms with E-state index in [1.807, 2.05) is 24.3 Å². The first kappa shape index (κ1) is 9.60. The molecule has 0 aliphatic carbocycles. The van der Waals surface area contributed by atoms with Gasteiger partial charge >= 0.3 is 0 Å². The van der Waals surface area contributed by atoms with Gasteiger partial charge in [-0.15, -0.1) is 0 Å². The Morgan fingerprint density at radius 2 is 2.08 bits per heavy atom. The number of nitrogens with one attached hydrogen (secondary N) is 1. The van der Waals surface area contributed by atoms with Gasteiger partial charge < -0.3 is 5.32 Å². The van der Waals surface area contributed by atoms with Crippen LogP contribution in [0.15, 0.2) is 24.3 Å². The Hall–Kier alpha value is -1.49. The van der Waals surface area contributed by atoms with Crippen LogP contribution in [-0.4, -0.2) is 6.04 Å². The van der Waals surface area contributed by atoms with Crippen LogP contribution in [0.1, 0.15) is 19.4 Å². The predicted molar refractivity (Wildman–Crippen MR) is 54.5 cm³/mol. The van der Waals surface area contributed by atoms with Crippen molar-refractivity contribution in [2.24, 2.45) is 0 Å². The molecule has 1 N–H and O–H groups in total. The molecule has 0 spiro atoms. The molecule has 0 bridgehead atoms. The fourth-order valence-corrected chi connectivity index (χ4v) is 1.21. The third-order valence-corrected chi connectivity index (χ3v) is 1.73. The lowest BCUT2D eigenvalue weighted by atomic mass is 10.1. The van der Waals surface area contributed by atoms with Gasteiger partial charge in [-0.3, -0.25) is 0 Å². The molecule has 2 heteroatoms. The van der Waals surface area contributed by atoms with E-state index in [0.717, 1.165) is 11.3 Å². The normalized spacial score (nSPS) is 9.69. The summed E-state index contributed by atoms with van der Waals surface area (Å²) in [6.07, 6.45) is 0.468. The van der Waals surface area contributed by atoms with Crippen molar-refractivity contribution in [2.75, 3.05) is 5.32 Å². The number of benzene rings is 1. The van der Waals surface area contributed by atoms with Gasteiger partial charge in [-0.05, 0) is 25.5 Å². The molecule has 1 aromatic carbocycles. The molecule has 0 aromatic heterocycles. The summed E-state index contributed by atoms with van der Waals surface area (Å²) in [6, 6.07) is 10.5. The number of rotatable bonds is 3. The third-order valence-electron chi connectivity index (χ3n) is 1.73. The summed E-state index contributed by atoms with van der Waals surface area (Å²) < 4.78 is 0. The molecule has 0 saturated carbocycles. The first-order chi connectivity index (χ1) is 6.24. The molecule has 2 nitrogen and oxygen atoms in total. The highest BCUT2D eigenvalue weighted by atomic mass is 14.9. The Kier molecular flexibility index (Phi) is 3.33. The van der Waals surface area contributed by atoms with Crippen LogP contribution < -0.4 is 5.32 Å². The Morgan fingerprint density at radius 3 is 2.69 bits per heavy atom. The molecule has 0 radical (unpaired) electrons. The second-order valence-corrected chi connectivity index (χ2v) is 3.29. The van der Waals surface area contributed by atoms with Crippen molar-refractivity contribution in [1.29, 1.82) is 5.26 Å². The number of anilines is 1. The van der Waals surface area contributed by atoms with Gasteiger partial charge in [0, 0.05) is 11.7 Å². The van der Waals surface area contributed by atoms with Crippen molar-refractivity contribution < 1.29 is 0 Å². The minimum Gasteiger partial charge on any atom is -0.383 e. The largest absolute Gasteiger partial charge is 0.383 e. The van der Waals surface area contributed by atoms with Crippen LogP contribution in [0.25, 0.3) is 0 Å². The molecule has 13 heavy (non-hydrogen) atoms. The van der Waals surface area contributed by atoms with Gasteiger partial charge in [0.25, 0.3) is 0 Å². The molecule has 68 valence electrons. The highest BCUT2D eigenvalue weighted by Crippen LogP contribution is 2.15. The van der Waals surface area contributed by atoms with Gasteiger partial charge in [0.15, 0.2) is 0 Å². The van der Waals surface area contributed by atoms with Crippen LogP contribution in [0.5, 0.6) is 0 Å². The molecule has 0 saturated heterocycles. The fraction of sp³-hybridized carbons (Fsp3) is 0.364. The average Bonchev–Trinajstić information content (AvgIpc) is 2.08. The summed E-state index contributed by atoms with van der Waals surface area (Å²) in [6.45, 7) is 4.17. The summed E-state index contributed by atoms with van der Waals surface area (Å²) in [5.41, 5.74) is 2.14. The van der Waals surface area contributed by atoms with Crippen molar-refractivity contribution in [2.45, 2.75) is 26.3 Å². The van der Waals surface area contributed by atoms with Gasteiger partial charge in [-0.25, -0.2) is 0 Å². The monoisotopic (exact) mass is 174 g/mol. The lowest BCUT2D eigenvalue weighted by molar-refractivity contribution is 0.896. The second kappa shape index (κ2) is 4.51. The van der Waals surface area contributed by atoms with E-state index >= 15 is 0 Å². The van der Waals surface area contributed by atoms with Crippen molar-refractivity contribution in [3.63, 3.8) is 0 Å². The minimum absolute atomic E-state index is 0.403. The maximum absolute atomic E-state index is 8.60. The zero-order valence-corrected chi connectivity index (χ0v) is 8.04. The van der Waals surface area contributed by atoms with Crippen molar-refractivity contribution in [1.82, 2.24) is 0 Å². The smallest absolute Gasteiger partial charge is 0.0670 e. The molecule has 0 unspecified atom stereocenters. The quantitative estimate of drug-likeness (QED) is 0.764. The van der Waals surface area contributed by atoms with Crippen molar-refractivity contribution in [3.05, 3.63) is 29.8 Å². The molecule has 0 aliphatic heterocycles. The highest BCUT2D eigenvalue weighted by Gasteiger charge is 2.01. The first-order valence-corrected chi connectivity index (χ1v) is 4.45. The summed E-state index contributed by atoms with van der Waals surface area (Å²) in [4.78, 5) is 0. The molecule has 0 aliphatic rings. The van der Waals surface area contributed by atoms with Gasteiger partial charge in [0.05, 0.1) is 12.5 Å². The van der Waals surface area contributed by atoms with Gasteiger partial charge in [-0.2, -0.15) is 5.26 Å². The van der Waals surface area contributed by atoms with E-state index in [2.05, 4.69) is 25.2 Å². The SMILES string of the molecule is CC(C)Nc1ccccc1CC#N. The zero-order chi connectivity index (χ0) is 9.68. The highest BCUT2D eigenvalue weighted by molar-refractivity contribution is 5.52. The van der Waals surface area contributed by atoms with Gasteiger partial charge in [-0.1, -0.05) is 18.2 Å². The molecule has 1 rings (SSSR count). The molecule has 1 aromatic rings. The third kappa shape index (κ3) is 2.79. The Labute approximate surface area is 79.2 Å². The number of hydrogen-bond acceptors (Lipinski definition) is 2. The molecular weight excluding hydrogens is 160 g/mol. The average molecular weight is 174 g/mol. The summed E-state index contributed by atoms with van der Waals surface area (Å²) in [5.74, 6) is 0. The summed E-state index contributed by atoms with van der Waals surface area (Å²) in [5, 5.41) is 11.9. The van der Waals surface area contributed by atoms with Crippen LogP contribution in [0, 0.1) is 11.3 Å². The van der Waals surface area contributed by atoms with Crippen LogP contribution in [-0.2, 0) is 6.42 Å². The van der Waals surface area contributed by atoms with E-state index in [0.29, 0.717) is 12.5 Å². The van der Waals surface area contributed by atoms with Crippen LogP contribution in [0.3, 0.4) is 0 Å². The summed E-state index contributed by atoms with van der Waals surface area (Å²) >= 11 is 0. The fourth-order valence-electron chi connectivity index (χ4n) is 1.21. The Bertz CT molecular complexity index is 310. The lowest BCUT2D eigenvalue weighted by Gasteiger charge is -2.12. The van der Waals surface area contributed by atoms with E-state index in [1.165, 1.54) is 0 Å². The number of para-hydroxylation sites is 1. The number of nitriles is 1. The first-order valence-electron chi connectivity index (χ1n) is 4.45. The molecule has 0 amide bonds. The predicted octanol–water partition coefficient (Wildman–Crippen LogP) is 2.57. The topological polar surface area (TPSA) is 35.8 Å². The Morgan fingerprint density at radius 1 is 1.38 bits per heavy atom. The lowest BCUT2D eigenvalue weighted by Crippen LogP contribution is -2.11. The van der Waals surface area contributed by atoms with E-state index in [-0.39, 0.29) is 0 Å². The van der Waals surface area contributed by atoms with Crippen molar-refractivity contribution >= 4 is 5.69 Å². The minimum atomic E-state index is 0.403.